The zero-order valence-corrected chi connectivity index (χ0v) is 11.1. The van der Waals surface area contributed by atoms with Crippen LogP contribution in [-0.2, 0) is 0 Å². The first-order valence-corrected chi connectivity index (χ1v) is 6.47. The number of benzene rings is 1. The Bertz CT molecular complexity index is 302. The third-order valence-corrected chi connectivity index (χ3v) is 3.31. The number of nitrogens with one attached hydrogen (secondary N) is 1. The maximum atomic E-state index is 3.64. The molecular weight excluding hydrogens is 194 g/mol. The summed E-state index contributed by atoms with van der Waals surface area (Å²) >= 11 is 0. The van der Waals surface area contributed by atoms with E-state index in [0.717, 1.165) is 6.54 Å². The van der Waals surface area contributed by atoms with Gasteiger partial charge in [0.05, 0.1) is 0 Å². The Balaban J connectivity index is 2.49. The van der Waals surface area contributed by atoms with Gasteiger partial charge in [0.2, 0.25) is 0 Å². The van der Waals surface area contributed by atoms with Crippen LogP contribution in [0.25, 0.3) is 0 Å². The van der Waals surface area contributed by atoms with Crippen molar-refractivity contribution < 1.29 is 0 Å². The van der Waals surface area contributed by atoms with E-state index in [1.54, 1.807) is 0 Å². The van der Waals surface area contributed by atoms with Gasteiger partial charge >= 0.3 is 0 Å². The van der Waals surface area contributed by atoms with Crippen LogP contribution < -0.4 is 5.32 Å². The van der Waals surface area contributed by atoms with E-state index in [0.29, 0.717) is 12.0 Å². The molecule has 0 aromatic heterocycles. The molecule has 0 aliphatic heterocycles. The molecule has 0 saturated carbocycles. The Morgan fingerprint density at radius 1 is 1.19 bits per heavy atom. The third kappa shape index (κ3) is 3.97. The predicted molar refractivity (Wildman–Crippen MR) is 72.0 cm³/mol. The number of hydrogen-bond acceptors (Lipinski definition) is 1. The second-order valence-corrected chi connectivity index (χ2v) is 4.74. The Kier molecular flexibility index (Phi) is 5.54. The van der Waals surface area contributed by atoms with E-state index in [2.05, 4.69) is 57.3 Å². The van der Waals surface area contributed by atoms with Crippen LogP contribution in [-0.4, -0.2) is 12.6 Å². The van der Waals surface area contributed by atoms with Gasteiger partial charge in [0.1, 0.15) is 0 Å². The Labute approximate surface area is 100 Å². The lowest BCUT2D eigenvalue weighted by molar-refractivity contribution is 0.467. The highest BCUT2D eigenvalue weighted by Crippen LogP contribution is 2.15. The van der Waals surface area contributed by atoms with E-state index < -0.39 is 0 Å². The van der Waals surface area contributed by atoms with Gasteiger partial charge in [-0.25, -0.2) is 0 Å². The van der Waals surface area contributed by atoms with E-state index in [-0.39, 0.29) is 0 Å². The molecule has 1 aromatic carbocycles. The summed E-state index contributed by atoms with van der Waals surface area (Å²) < 4.78 is 0. The first-order valence-electron chi connectivity index (χ1n) is 6.47. The summed E-state index contributed by atoms with van der Waals surface area (Å²) in [7, 11) is 0. The molecule has 1 unspecified atom stereocenters. The van der Waals surface area contributed by atoms with Crippen LogP contribution in [0.15, 0.2) is 24.3 Å². The summed E-state index contributed by atoms with van der Waals surface area (Å²) in [5.41, 5.74) is 2.80. The number of aryl methyl sites for hydroxylation is 1. The first-order chi connectivity index (χ1) is 7.67. The van der Waals surface area contributed by atoms with Gasteiger partial charge in [-0.05, 0) is 31.2 Å². The Morgan fingerprint density at radius 3 is 2.44 bits per heavy atom. The van der Waals surface area contributed by atoms with Crippen molar-refractivity contribution in [2.75, 3.05) is 6.54 Å². The molecule has 1 rings (SSSR count). The molecule has 1 atom stereocenters. The standard InChI is InChI=1S/C15H25N/c1-5-15(6-2)16-11-13(4)14-9-7-8-12(3)10-14/h7-10,13,15-16H,5-6,11H2,1-4H3. The summed E-state index contributed by atoms with van der Waals surface area (Å²) in [4.78, 5) is 0. The van der Waals surface area contributed by atoms with Crippen molar-refractivity contribution in [3.05, 3.63) is 35.4 Å². The van der Waals surface area contributed by atoms with Gasteiger partial charge in [-0.1, -0.05) is 50.6 Å². The Hall–Kier alpha value is -0.820. The van der Waals surface area contributed by atoms with Gasteiger partial charge in [-0.3, -0.25) is 0 Å². The van der Waals surface area contributed by atoms with Crippen LogP contribution >= 0.6 is 0 Å². The SMILES string of the molecule is CCC(CC)NCC(C)c1cccc(C)c1. The normalized spacial score (nSPS) is 13.1. The van der Waals surface area contributed by atoms with Gasteiger partial charge in [-0.2, -0.15) is 0 Å². The fraction of sp³-hybridized carbons (Fsp3) is 0.600. The minimum atomic E-state index is 0.598. The van der Waals surface area contributed by atoms with Crippen LogP contribution in [0.5, 0.6) is 0 Å². The topological polar surface area (TPSA) is 12.0 Å². The van der Waals surface area contributed by atoms with Crippen molar-refractivity contribution in [2.24, 2.45) is 0 Å². The molecule has 0 fully saturated rings. The van der Waals surface area contributed by atoms with Crippen molar-refractivity contribution in [3.63, 3.8) is 0 Å². The molecule has 0 heterocycles. The van der Waals surface area contributed by atoms with Crippen LogP contribution in [0.3, 0.4) is 0 Å². The van der Waals surface area contributed by atoms with E-state index in [4.69, 9.17) is 0 Å². The molecule has 1 heteroatoms. The molecule has 0 bridgehead atoms. The summed E-state index contributed by atoms with van der Waals surface area (Å²) in [5.74, 6) is 0.598. The monoisotopic (exact) mass is 219 g/mol. The molecule has 16 heavy (non-hydrogen) atoms. The molecule has 0 spiro atoms. The lowest BCUT2D eigenvalue weighted by atomic mass is 9.99. The van der Waals surface area contributed by atoms with Gasteiger partial charge in [0, 0.05) is 12.6 Å². The highest BCUT2D eigenvalue weighted by molar-refractivity contribution is 5.25. The summed E-state index contributed by atoms with van der Waals surface area (Å²) in [6.07, 6.45) is 2.44. The van der Waals surface area contributed by atoms with E-state index in [1.807, 2.05) is 0 Å². The zero-order valence-electron chi connectivity index (χ0n) is 11.1. The van der Waals surface area contributed by atoms with Crippen LogP contribution in [0.1, 0.15) is 50.7 Å². The zero-order chi connectivity index (χ0) is 12.0. The molecule has 1 N–H and O–H groups in total. The lowest BCUT2D eigenvalue weighted by Gasteiger charge is -2.19. The van der Waals surface area contributed by atoms with Gasteiger partial charge in [0.25, 0.3) is 0 Å². The maximum Gasteiger partial charge on any atom is 0.00620 e. The van der Waals surface area contributed by atoms with Crippen molar-refractivity contribution >= 4 is 0 Å². The van der Waals surface area contributed by atoms with Crippen molar-refractivity contribution in [2.45, 2.75) is 52.5 Å². The average molecular weight is 219 g/mol. The summed E-state index contributed by atoms with van der Waals surface area (Å²) in [5, 5.41) is 3.64. The van der Waals surface area contributed by atoms with E-state index in [9.17, 15) is 0 Å². The minimum Gasteiger partial charge on any atom is -0.313 e. The number of rotatable bonds is 6. The van der Waals surface area contributed by atoms with Crippen LogP contribution in [0.4, 0.5) is 0 Å². The number of hydrogen-bond donors (Lipinski definition) is 1. The molecule has 0 amide bonds. The largest absolute Gasteiger partial charge is 0.313 e. The highest BCUT2D eigenvalue weighted by Gasteiger charge is 2.08. The van der Waals surface area contributed by atoms with Crippen LogP contribution in [0, 0.1) is 6.92 Å². The van der Waals surface area contributed by atoms with Gasteiger partial charge < -0.3 is 5.32 Å². The van der Waals surface area contributed by atoms with Gasteiger partial charge in [0.15, 0.2) is 0 Å². The van der Waals surface area contributed by atoms with Gasteiger partial charge in [-0.15, -0.1) is 0 Å². The van der Waals surface area contributed by atoms with Crippen molar-refractivity contribution in [1.82, 2.24) is 5.32 Å². The molecule has 0 radical (unpaired) electrons. The highest BCUT2D eigenvalue weighted by atomic mass is 14.9. The second-order valence-electron chi connectivity index (χ2n) is 4.74. The molecular formula is C15H25N. The Morgan fingerprint density at radius 2 is 1.88 bits per heavy atom. The van der Waals surface area contributed by atoms with Crippen molar-refractivity contribution in [3.8, 4) is 0 Å². The average Bonchev–Trinajstić information content (AvgIpc) is 2.30. The fourth-order valence-electron chi connectivity index (χ4n) is 2.02. The molecule has 0 saturated heterocycles. The smallest absolute Gasteiger partial charge is 0.00620 e. The third-order valence-electron chi connectivity index (χ3n) is 3.31. The van der Waals surface area contributed by atoms with Crippen molar-refractivity contribution in [1.29, 1.82) is 0 Å². The first kappa shape index (κ1) is 13.2. The second kappa shape index (κ2) is 6.70. The minimum absolute atomic E-state index is 0.598. The lowest BCUT2D eigenvalue weighted by Crippen LogP contribution is -2.31. The van der Waals surface area contributed by atoms with E-state index in [1.165, 1.54) is 24.0 Å². The molecule has 1 nitrogen and oxygen atoms in total. The maximum absolute atomic E-state index is 3.64. The quantitative estimate of drug-likeness (QED) is 0.765. The fourth-order valence-corrected chi connectivity index (χ4v) is 2.02. The molecule has 0 aliphatic rings. The van der Waals surface area contributed by atoms with E-state index >= 15 is 0 Å². The molecule has 0 aliphatic carbocycles. The summed E-state index contributed by atoms with van der Waals surface area (Å²) in [6, 6.07) is 9.50. The predicted octanol–water partition coefficient (Wildman–Crippen LogP) is 3.88. The summed E-state index contributed by atoms with van der Waals surface area (Å²) in [6.45, 7) is 10.0. The van der Waals surface area contributed by atoms with Crippen LogP contribution in [0.2, 0.25) is 0 Å². The molecule has 1 aromatic rings. The molecule has 90 valence electrons.